The summed E-state index contributed by atoms with van der Waals surface area (Å²) in [6.07, 6.45) is 9.09. The number of carbonyl (C=O) groups is 1. The van der Waals surface area contributed by atoms with Gasteiger partial charge in [0.15, 0.2) is 0 Å². The Morgan fingerprint density at radius 1 is 1.38 bits per heavy atom. The Kier molecular flexibility index (Phi) is 4.74. The molecule has 0 bridgehead atoms. The summed E-state index contributed by atoms with van der Waals surface area (Å²) in [5.74, 6) is 0.926. The highest BCUT2D eigenvalue weighted by Gasteiger charge is 2.44. The molecule has 2 fully saturated rings. The lowest BCUT2D eigenvalue weighted by atomic mass is 9.87. The van der Waals surface area contributed by atoms with Crippen LogP contribution in [0.4, 0.5) is 0 Å². The molecule has 1 atom stereocenters. The minimum absolute atomic E-state index is 0.0440. The van der Waals surface area contributed by atoms with E-state index in [2.05, 4.69) is 21.9 Å². The SMILES string of the molecule is CN(Cc1ccco1)[C@H]1COC2(CCN(C(=O)c3cnccn3)CC2)C1. The third-order valence-corrected chi connectivity index (χ3v) is 5.54. The summed E-state index contributed by atoms with van der Waals surface area (Å²) in [6, 6.07) is 4.29. The Balaban J connectivity index is 1.32. The van der Waals surface area contributed by atoms with Crippen LogP contribution in [-0.2, 0) is 11.3 Å². The molecule has 0 saturated carbocycles. The molecule has 2 aromatic rings. The summed E-state index contributed by atoms with van der Waals surface area (Å²) in [5, 5.41) is 0. The van der Waals surface area contributed by atoms with Crippen molar-refractivity contribution in [1.82, 2.24) is 19.8 Å². The fourth-order valence-corrected chi connectivity index (χ4v) is 3.92. The number of carbonyl (C=O) groups excluding carboxylic acids is 1. The number of hydrogen-bond acceptors (Lipinski definition) is 6. The first kappa shape index (κ1) is 17.2. The van der Waals surface area contributed by atoms with E-state index in [1.54, 1.807) is 18.7 Å². The van der Waals surface area contributed by atoms with Gasteiger partial charge in [0.05, 0.1) is 31.2 Å². The summed E-state index contributed by atoms with van der Waals surface area (Å²) in [5.41, 5.74) is 0.299. The highest BCUT2D eigenvalue weighted by atomic mass is 16.5. The Labute approximate surface area is 153 Å². The zero-order valence-electron chi connectivity index (χ0n) is 15.0. The quantitative estimate of drug-likeness (QED) is 0.834. The molecule has 2 aromatic heterocycles. The normalized spacial score (nSPS) is 22.2. The molecule has 2 aliphatic heterocycles. The van der Waals surface area contributed by atoms with Crippen molar-refractivity contribution in [1.29, 1.82) is 0 Å². The molecule has 4 heterocycles. The predicted molar refractivity (Wildman–Crippen MR) is 94.4 cm³/mol. The molecule has 0 aromatic carbocycles. The number of amides is 1. The van der Waals surface area contributed by atoms with Crippen LogP contribution in [0.3, 0.4) is 0 Å². The van der Waals surface area contributed by atoms with E-state index in [0.717, 1.165) is 38.2 Å². The van der Waals surface area contributed by atoms with Crippen molar-refractivity contribution >= 4 is 5.91 Å². The first-order valence-electron chi connectivity index (χ1n) is 9.07. The van der Waals surface area contributed by atoms with E-state index in [-0.39, 0.29) is 11.5 Å². The van der Waals surface area contributed by atoms with Gasteiger partial charge in [-0.15, -0.1) is 0 Å². The number of likely N-dealkylation sites (N-methyl/N-ethyl adjacent to an activating group) is 1. The molecule has 7 heteroatoms. The Hall–Kier alpha value is -2.25. The fourth-order valence-electron chi connectivity index (χ4n) is 3.92. The topological polar surface area (TPSA) is 71.7 Å². The third kappa shape index (κ3) is 3.50. The first-order chi connectivity index (χ1) is 12.7. The number of furan rings is 1. The lowest BCUT2D eigenvalue weighted by molar-refractivity contribution is -0.0394. The van der Waals surface area contributed by atoms with Crippen LogP contribution in [0.1, 0.15) is 35.5 Å². The van der Waals surface area contributed by atoms with Gasteiger partial charge in [0, 0.05) is 31.5 Å². The van der Waals surface area contributed by atoms with Crippen molar-refractivity contribution in [2.45, 2.75) is 37.5 Å². The average molecular weight is 356 g/mol. The van der Waals surface area contributed by atoms with Gasteiger partial charge in [-0.2, -0.15) is 0 Å². The number of piperidine rings is 1. The van der Waals surface area contributed by atoms with E-state index in [0.29, 0.717) is 24.8 Å². The molecule has 0 radical (unpaired) electrons. The van der Waals surface area contributed by atoms with E-state index < -0.39 is 0 Å². The summed E-state index contributed by atoms with van der Waals surface area (Å²) < 4.78 is 11.7. The van der Waals surface area contributed by atoms with Crippen molar-refractivity contribution < 1.29 is 13.9 Å². The second kappa shape index (κ2) is 7.17. The van der Waals surface area contributed by atoms with Gasteiger partial charge >= 0.3 is 0 Å². The maximum atomic E-state index is 12.5. The van der Waals surface area contributed by atoms with Gasteiger partial charge < -0.3 is 14.1 Å². The van der Waals surface area contributed by atoms with Gasteiger partial charge in [0.2, 0.25) is 0 Å². The number of rotatable bonds is 4. The number of aromatic nitrogens is 2. The summed E-state index contributed by atoms with van der Waals surface area (Å²) in [4.78, 5) is 24.8. The maximum Gasteiger partial charge on any atom is 0.274 e. The zero-order valence-corrected chi connectivity index (χ0v) is 15.0. The van der Waals surface area contributed by atoms with Gasteiger partial charge in [0.1, 0.15) is 11.5 Å². The minimum Gasteiger partial charge on any atom is -0.468 e. The fraction of sp³-hybridized carbons (Fsp3) is 0.526. The van der Waals surface area contributed by atoms with Crippen molar-refractivity contribution in [2.24, 2.45) is 0 Å². The van der Waals surface area contributed by atoms with Gasteiger partial charge in [0.25, 0.3) is 5.91 Å². The monoisotopic (exact) mass is 356 g/mol. The van der Waals surface area contributed by atoms with Gasteiger partial charge in [-0.1, -0.05) is 0 Å². The molecule has 0 N–H and O–H groups in total. The van der Waals surface area contributed by atoms with Crippen molar-refractivity contribution in [3.63, 3.8) is 0 Å². The first-order valence-corrected chi connectivity index (χ1v) is 9.07. The molecule has 0 unspecified atom stereocenters. The summed E-state index contributed by atoms with van der Waals surface area (Å²) in [7, 11) is 2.11. The molecule has 7 nitrogen and oxygen atoms in total. The minimum atomic E-state index is -0.110. The predicted octanol–water partition coefficient (Wildman–Crippen LogP) is 1.97. The van der Waals surface area contributed by atoms with Crippen molar-refractivity contribution in [3.8, 4) is 0 Å². The van der Waals surface area contributed by atoms with Crippen molar-refractivity contribution in [2.75, 3.05) is 26.7 Å². The van der Waals surface area contributed by atoms with Crippen LogP contribution in [0.15, 0.2) is 41.4 Å². The average Bonchev–Trinajstić information content (AvgIpc) is 3.33. The zero-order chi connectivity index (χ0) is 18.0. The highest BCUT2D eigenvalue weighted by molar-refractivity contribution is 5.92. The molecule has 1 spiro atoms. The number of likely N-dealkylation sites (tertiary alicyclic amines) is 1. The summed E-state index contributed by atoms with van der Waals surface area (Å²) >= 11 is 0. The Bertz CT molecular complexity index is 727. The molecule has 2 saturated heterocycles. The standard InChI is InChI=1S/C19H24N4O3/c1-22(13-16-3-2-10-25-16)15-11-19(26-14-15)4-8-23(9-5-19)18(24)17-12-20-6-7-21-17/h2-3,6-7,10,12,15H,4-5,8-9,11,13-14H2,1H3/t15-/m1/s1. The van der Waals surface area contributed by atoms with Crippen LogP contribution in [-0.4, -0.2) is 64.1 Å². The molecule has 4 rings (SSSR count). The number of hydrogen-bond donors (Lipinski definition) is 0. The second-order valence-corrected chi connectivity index (χ2v) is 7.23. The van der Waals surface area contributed by atoms with Crippen LogP contribution >= 0.6 is 0 Å². The van der Waals surface area contributed by atoms with E-state index in [1.807, 2.05) is 17.0 Å². The Morgan fingerprint density at radius 2 is 2.23 bits per heavy atom. The summed E-state index contributed by atoms with van der Waals surface area (Å²) in [6.45, 7) is 2.91. The lowest BCUT2D eigenvalue weighted by Gasteiger charge is -2.38. The van der Waals surface area contributed by atoms with E-state index in [4.69, 9.17) is 9.15 Å². The second-order valence-electron chi connectivity index (χ2n) is 7.23. The van der Waals surface area contributed by atoms with Crippen LogP contribution in [0, 0.1) is 0 Å². The molecule has 0 aliphatic carbocycles. The lowest BCUT2D eigenvalue weighted by Crippen LogP contribution is -2.47. The van der Waals surface area contributed by atoms with Crippen molar-refractivity contribution in [3.05, 3.63) is 48.4 Å². The highest BCUT2D eigenvalue weighted by Crippen LogP contribution is 2.37. The van der Waals surface area contributed by atoms with Gasteiger partial charge in [-0.25, -0.2) is 4.98 Å². The van der Waals surface area contributed by atoms with Crippen LogP contribution in [0.25, 0.3) is 0 Å². The molecule has 138 valence electrons. The van der Waals surface area contributed by atoms with E-state index in [1.165, 1.54) is 6.20 Å². The molecular weight excluding hydrogens is 332 g/mol. The van der Waals surface area contributed by atoms with Crippen LogP contribution < -0.4 is 0 Å². The number of nitrogens with zero attached hydrogens (tertiary/aromatic N) is 4. The van der Waals surface area contributed by atoms with E-state index in [9.17, 15) is 4.79 Å². The molecule has 26 heavy (non-hydrogen) atoms. The van der Waals surface area contributed by atoms with Gasteiger partial charge in [-0.3, -0.25) is 14.7 Å². The largest absolute Gasteiger partial charge is 0.468 e. The van der Waals surface area contributed by atoms with Crippen LogP contribution in [0.5, 0.6) is 0 Å². The molecule has 1 amide bonds. The maximum absolute atomic E-state index is 12.5. The molecule has 2 aliphatic rings. The Morgan fingerprint density at radius 3 is 2.92 bits per heavy atom. The van der Waals surface area contributed by atoms with Crippen LogP contribution in [0.2, 0.25) is 0 Å². The smallest absolute Gasteiger partial charge is 0.274 e. The third-order valence-electron chi connectivity index (χ3n) is 5.54. The number of ether oxygens (including phenoxy) is 1. The van der Waals surface area contributed by atoms with E-state index >= 15 is 0 Å². The molecular formula is C19H24N4O3. The van der Waals surface area contributed by atoms with Gasteiger partial charge in [-0.05, 0) is 38.4 Å².